The standard InChI is InChI=1S/C10H17N3O/c1-2-3-4-5-10(14)11-8-9-6-7-12-13-9/h6-7H,2-5,8H2,1H3,(H,11,14)(H,12,13). The summed E-state index contributed by atoms with van der Waals surface area (Å²) in [5, 5.41) is 9.43. The third-order valence-electron chi connectivity index (χ3n) is 2.04. The van der Waals surface area contributed by atoms with E-state index in [9.17, 15) is 4.79 Å². The van der Waals surface area contributed by atoms with Gasteiger partial charge in [-0.25, -0.2) is 0 Å². The van der Waals surface area contributed by atoms with Crippen LogP contribution in [0, 0.1) is 0 Å². The third kappa shape index (κ3) is 4.07. The smallest absolute Gasteiger partial charge is 0.220 e. The molecule has 1 aromatic rings. The Morgan fingerprint density at radius 2 is 2.43 bits per heavy atom. The average Bonchev–Trinajstić information content (AvgIpc) is 2.68. The average molecular weight is 195 g/mol. The van der Waals surface area contributed by atoms with Gasteiger partial charge in [-0.15, -0.1) is 0 Å². The summed E-state index contributed by atoms with van der Waals surface area (Å²) in [6.07, 6.45) is 5.55. The maximum Gasteiger partial charge on any atom is 0.220 e. The van der Waals surface area contributed by atoms with E-state index in [1.54, 1.807) is 6.20 Å². The molecule has 1 rings (SSSR count). The molecule has 0 aliphatic rings. The first-order chi connectivity index (χ1) is 6.83. The lowest BCUT2D eigenvalue weighted by molar-refractivity contribution is -0.121. The summed E-state index contributed by atoms with van der Waals surface area (Å²) >= 11 is 0. The molecule has 1 heterocycles. The van der Waals surface area contributed by atoms with Crippen LogP contribution in [0.3, 0.4) is 0 Å². The molecule has 0 radical (unpaired) electrons. The van der Waals surface area contributed by atoms with Crippen LogP contribution in [0.2, 0.25) is 0 Å². The van der Waals surface area contributed by atoms with Crippen molar-refractivity contribution in [3.63, 3.8) is 0 Å². The Bertz CT molecular complexity index is 256. The van der Waals surface area contributed by atoms with Gasteiger partial charge in [-0.2, -0.15) is 5.10 Å². The zero-order valence-corrected chi connectivity index (χ0v) is 8.55. The second kappa shape index (κ2) is 6.18. The predicted molar refractivity (Wildman–Crippen MR) is 54.6 cm³/mol. The molecule has 78 valence electrons. The molecular formula is C10H17N3O. The van der Waals surface area contributed by atoms with E-state index in [0.29, 0.717) is 13.0 Å². The number of hydrogen-bond donors (Lipinski definition) is 2. The topological polar surface area (TPSA) is 57.8 Å². The van der Waals surface area contributed by atoms with E-state index in [2.05, 4.69) is 22.4 Å². The largest absolute Gasteiger partial charge is 0.350 e. The van der Waals surface area contributed by atoms with Crippen molar-refractivity contribution in [1.82, 2.24) is 15.5 Å². The van der Waals surface area contributed by atoms with Crippen LogP contribution in [0.5, 0.6) is 0 Å². The number of amides is 1. The highest BCUT2D eigenvalue weighted by atomic mass is 16.1. The van der Waals surface area contributed by atoms with Crippen LogP contribution in [-0.4, -0.2) is 16.1 Å². The Morgan fingerprint density at radius 3 is 3.07 bits per heavy atom. The maximum atomic E-state index is 11.3. The number of unbranched alkanes of at least 4 members (excludes halogenated alkanes) is 2. The van der Waals surface area contributed by atoms with Crippen molar-refractivity contribution in [2.75, 3.05) is 0 Å². The van der Waals surface area contributed by atoms with Gasteiger partial charge in [0, 0.05) is 12.6 Å². The molecule has 4 nitrogen and oxygen atoms in total. The number of nitrogens with zero attached hydrogens (tertiary/aromatic N) is 1. The lowest BCUT2D eigenvalue weighted by Gasteiger charge is -2.02. The zero-order valence-electron chi connectivity index (χ0n) is 8.55. The Labute approximate surface area is 84.1 Å². The summed E-state index contributed by atoms with van der Waals surface area (Å²) in [5.41, 5.74) is 0.939. The molecule has 0 aliphatic heterocycles. The van der Waals surface area contributed by atoms with Gasteiger partial charge in [-0.05, 0) is 12.5 Å². The number of carbonyl (C=O) groups is 1. The second-order valence-electron chi connectivity index (χ2n) is 3.32. The van der Waals surface area contributed by atoms with E-state index in [0.717, 1.165) is 25.0 Å². The second-order valence-corrected chi connectivity index (χ2v) is 3.32. The minimum absolute atomic E-state index is 0.119. The quantitative estimate of drug-likeness (QED) is 0.677. The number of hydrogen-bond acceptors (Lipinski definition) is 2. The Balaban J connectivity index is 2.09. The SMILES string of the molecule is CCCCCC(=O)NCc1ccn[nH]1. The maximum absolute atomic E-state index is 11.3. The van der Waals surface area contributed by atoms with Crippen molar-refractivity contribution in [2.45, 2.75) is 39.2 Å². The van der Waals surface area contributed by atoms with E-state index >= 15 is 0 Å². The van der Waals surface area contributed by atoms with Crippen molar-refractivity contribution in [1.29, 1.82) is 0 Å². The minimum Gasteiger partial charge on any atom is -0.350 e. The molecule has 0 unspecified atom stereocenters. The molecule has 0 aliphatic carbocycles. The fourth-order valence-corrected chi connectivity index (χ4v) is 1.20. The summed E-state index contributed by atoms with van der Waals surface area (Å²) in [5.74, 6) is 0.119. The molecule has 1 amide bonds. The number of H-pyrrole nitrogens is 1. The van der Waals surface area contributed by atoms with E-state index in [-0.39, 0.29) is 5.91 Å². The normalized spacial score (nSPS) is 10.1. The van der Waals surface area contributed by atoms with Gasteiger partial charge in [-0.3, -0.25) is 9.89 Å². The molecule has 2 N–H and O–H groups in total. The number of aromatic nitrogens is 2. The lowest BCUT2D eigenvalue weighted by atomic mass is 10.2. The molecule has 0 atom stereocenters. The van der Waals surface area contributed by atoms with Crippen molar-refractivity contribution < 1.29 is 4.79 Å². The van der Waals surface area contributed by atoms with Crippen molar-refractivity contribution in [3.05, 3.63) is 18.0 Å². The summed E-state index contributed by atoms with van der Waals surface area (Å²) in [6.45, 7) is 2.67. The number of aromatic amines is 1. The monoisotopic (exact) mass is 195 g/mol. The first-order valence-electron chi connectivity index (χ1n) is 5.08. The summed E-state index contributed by atoms with van der Waals surface area (Å²) in [7, 11) is 0. The number of nitrogens with one attached hydrogen (secondary N) is 2. The first kappa shape index (κ1) is 10.8. The number of carbonyl (C=O) groups excluding carboxylic acids is 1. The van der Waals surface area contributed by atoms with Crippen LogP contribution in [0.25, 0.3) is 0 Å². The van der Waals surface area contributed by atoms with Crippen LogP contribution in [-0.2, 0) is 11.3 Å². The van der Waals surface area contributed by atoms with E-state index < -0.39 is 0 Å². The van der Waals surface area contributed by atoms with Gasteiger partial charge in [0.2, 0.25) is 5.91 Å². The molecule has 0 fully saturated rings. The molecule has 14 heavy (non-hydrogen) atoms. The molecule has 0 spiro atoms. The van der Waals surface area contributed by atoms with Crippen LogP contribution >= 0.6 is 0 Å². The van der Waals surface area contributed by atoms with Gasteiger partial charge in [-0.1, -0.05) is 19.8 Å². The van der Waals surface area contributed by atoms with Gasteiger partial charge < -0.3 is 5.32 Å². The molecule has 1 aromatic heterocycles. The highest BCUT2D eigenvalue weighted by molar-refractivity contribution is 5.75. The van der Waals surface area contributed by atoms with Crippen LogP contribution in [0.15, 0.2) is 12.3 Å². The van der Waals surface area contributed by atoms with Gasteiger partial charge in [0.1, 0.15) is 0 Å². The summed E-state index contributed by atoms with van der Waals surface area (Å²) in [6, 6.07) is 1.85. The Morgan fingerprint density at radius 1 is 1.57 bits per heavy atom. The lowest BCUT2D eigenvalue weighted by Crippen LogP contribution is -2.22. The molecule has 4 heteroatoms. The highest BCUT2D eigenvalue weighted by Crippen LogP contribution is 1.99. The zero-order chi connectivity index (χ0) is 10.2. The Kier molecular flexibility index (Phi) is 4.75. The van der Waals surface area contributed by atoms with Crippen molar-refractivity contribution >= 4 is 5.91 Å². The van der Waals surface area contributed by atoms with Gasteiger partial charge in [0.05, 0.1) is 12.2 Å². The molecule has 0 saturated heterocycles. The third-order valence-corrected chi connectivity index (χ3v) is 2.04. The van der Waals surface area contributed by atoms with E-state index in [4.69, 9.17) is 0 Å². The molecule has 0 aromatic carbocycles. The Hall–Kier alpha value is -1.32. The van der Waals surface area contributed by atoms with Crippen molar-refractivity contribution in [3.8, 4) is 0 Å². The molecular weight excluding hydrogens is 178 g/mol. The number of rotatable bonds is 6. The fraction of sp³-hybridized carbons (Fsp3) is 0.600. The van der Waals surface area contributed by atoms with E-state index in [1.807, 2.05) is 6.07 Å². The summed E-state index contributed by atoms with van der Waals surface area (Å²) in [4.78, 5) is 11.3. The van der Waals surface area contributed by atoms with Crippen LogP contribution in [0.1, 0.15) is 38.3 Å². The highest BCUT2D eigenvalue weighted by Gasteiger charge is 2.00. The molecule has 0 bridgehead atoms. The van der Waals surface area contributed by atoms with Gasteiger partial charge >= 0.3 is 0 Å². The summed E-state index contributed by atoms with van der Waals surface area (Å²) < 4.78 is 0. The first-order valence-corrected chi connectivity index (χ1v) is 5.08. The van der Waals surface area contributed by atoms with Gasteiger partial charge in [0.25, 0.3) is 0 Å². The molecule has 0 saturated carbocycles. The minimum atomic E-state index is 0.119. The van der Waals surface area contributed by atoms with Gasteiger partial charge in [0.15, 0.2) is 0 Å². The van der Waals surface area contributed by atoms with E-state index in [1.165, 1.54) is 0 Å². The van der Waals surface area contributed by atoms with Crippen LogP contribution < -0.4 is 5.32 Å². The predicted octanol–water partition coefficient (Wildman–Crippen LogP) is 1.61. The fourth-order valence-electron chi connectivity index (χ4n) is 1.20. The van der Waals surface area contributed by atoms with Crippen molar-refractivity contribution in [2.24, 2.45) is 0 Å². The van der Waals surface area contributed by atoms with Crippen LogP contribution in [0.4, 0.5) is 0 Å².